The lowest BCUT2D eigenvalue weighted by atomic mass is 9.92. The highest BCUT2D eigenvalue weighted by molar-refractivity contribution is 5.95. The zero-order chi connectivity index (χ0) is 12.8. The Morgan fingerprint density at radius 1 is 0.944 bits per heavy atom. The van der Waals surface area contributed by atoms with Crippen molar-refractivity contribution in [2.75, 3.05) is 0 Å². The highest BCUT2D eigenvalue weighted by Gasteiger charge is 2.37. The van der Waals surface area contributed by atoms with Crippen molar-refractivity contribution in [1.29, 1.82) is 0 Å². The van der Waals surface area contributed by atoms with Crippen molar-refractivity contribution in [1.82, 2.24) is 0 Å². The second-order valence-corrected chi connectivity index (χ2v) is 5.03. The molecule has 0 aliphatic carbocycles. The number of benzene rings is 2. The van der Waals surface area contributed by atoms with Gasteiger partial charge >= 0.3 is 5.97 Å². The lowest BCUT2D eigenvalue weighted by molar-refractivity contribution is 0.00955. The molecular weight excluding hydrogens is 224 g/mol. The molecule has 0 saturated carbocycles. The molecule has 1 aliphatic heterocycles. The first-order chi connectivity index (χ1) is 8.58. The van der Waals surface area contributed by atoms with Crippen LogP contribution in [0.2, 0.25) is 0 Å². The molecule has 2 nitrogen and oxygen atoms in total. The molecule has 1 aliphatic rings. The van der Waals surface area contributed by atoms with E-state index in [0.29, 0.717) is 5.56 Å². The number of carbonyl (C=O) groups is 1. The van der Waals surface area contributed by atoms with Crippen molar-refractivity contribution < 1.29 is 9.53 Å². The quantitative estimate of drug-likeness (QED) is 0.707. The fraction of sp³-hybridized carbons (Fsp3) is 0.188. The van der Waals surface area contributed by atoms with Crippen LogP contribution in [0.1, 0.15) is 29.8 Å². The maximum atomic E-state index is 11.7. The van der Waals surface area contributed by atoms with Gasteiger partial charge in [-0.2, -0.15) is 0 Å². The van der Waals surface area contributed by atoms with E-state index in [1.54, 1.807) is 0 Å². The minimum absolute atomic E-state index is 0.227. The maximum Gasteiger partial charge on any atom is 0.339 e. The van der Waals surface area contributed by atoms with Gasteiger partial charge in [0.05, 0.1) is 5.56 Å². The first-order valence-corrected chi connectivity index (χ1v) is 6.01. The van der Waals surface area contributed by atoms with Gasteiger partial charge in [0.15, 0.2) is 0 Å². The highest BCUT2D eigenvalue weighted by atomic mass is 16.6. The monoisotopic (exact) mass is 238 g/mol. The molecule has 0 amide bonds. The van der Waals surface area contributed by atoms with Crippen LogP contribution in [-0.4, -0.2) is 5.97 Å². The summed E-state index contributed by atoms with van der Waals surface area (Å²) in [6.45, 7) is 3.84. The molecule has 0 radical (unpaired) electrons. The van der Waals surface area contributed by atoms with Gasteiger partial charge in [-0.05, 0) is 37.1 Å². The highest BCUT2D eigenvalue weighted by Crippen LogP contribution is 2.37. The number of ether oxygens (including phenoxy) is 1. The number of rotatable bonds is 1. The van der Waals surface area contributed by atoms with E-state index in [-0.39, 0.29) is 5.97 Å². The molecule has 0 saturated heterocycles. The van der Waals surface area contributed by atoms with E-state index >= 15 is 0 Å². The fourth-order valence-electron chi connectivity index (χ4n) is 2.37. The van der Waals surface area contributed by atoms with E-state index in [1.165, 1.54) is 0 Å². The summed E-state index contributed by atoms with van der Waals surface area (Å²) in [6.07, 6.45) is 0. The van der Waals surface area contributed by atoms with Crippen LogP contribution in [0.25, 0.3) is 11.1 Å². The van der Waals surface area contributed by atoms with Gasteiger partial charge in [-0.25, -0.2) is 4.79 Å². The molecule has 90 valence electrons. The predicted molar refractivity (Wildman–Crippen MR) is 70.3 cm³/mol. The van der Waals surface area contributed by atoms with Crippen molar-refractivity contribution in [2.45, 2.75) is 19.4 Å². The molecule has 3 rings (SSSR count). The minimum Gasteiger partial charge on any atom is -0.451 e. The average molecular weight is 238 g/mol. The van der Waals surface area contributed by atoms with Crippen LogP contribution in [0.5, 0.6) is 0 Å². The fourth-order valence-corrected chi connectivity index (χ4v) is 2.37. The number of hydrogen-bond donors (Lipinski definition) is 0. The molecule has 0 atom stereocenters. The normalized spacial score (nSPS) is 16.2. The van der Waals surface area contributed by atoms with Gasteiger partial charge in [0.2, 0.25) is 0 Å². The van der Waals surface area contributed by atoms with E-state index in [1.807, 2.05) is 44.2 Å². The smallest absolute Gasteiger partial charge is 0.339 e. The molecule has 2 aromatic carbocycles. The third-order valence-electron chi connectivity index (χ3n) is 3.34. The summed E-state index contributed by atoms with van der Waals surface area (Å²) in [5.41, 5.74) is 3.38. The van der Waals surface area contributed by atoms with Crippen LogP contribution in [0, 0.1) is 0 Å². The van der Waals surface area contributed by atoms with Crippen molar-refractivity contribution in [3.63, 3.8) is 0 Å². The summed E-state index contributed by atoms with van der Waals surface area (Å²) in [5, 5.41) is 0. The summed E-state index contributed by atoms with van der Waals surface area (Å²) >= 11 is 0. The van der Waals surface area contributed by atoms with Crippen LogP contribution < -0.4 is 0 Å². The number of carbonyl (C=O) groups excluding carboxylic acids is 1. The summed E-state index contributed by atoms with van der Waals surface area (Å²) in [7, 11) is 0. The van der Waals surface area contributed by atoms with E-state index in [0.717, 1.165) is 16.7 Å². The Morgan fingerprint density at radius 3 is 2.39 bits per heavy atom. The van der Waals surface area contributed by atoms with Crippen molar-refractivity contribution >= 4 is 5.97 Å². The largest absolute Gasteiger partial charge is 0.451 e. The summed E-state index contributed by atoms with van der Waals surface area (Å²) in [6, 6.07) is 16.0. The van der Waals surface area contributed by atoms with Crippen LogP contribution in [0.15, 0.2) is 48.5 Å². The van der Waals surface area contributed by atoms with E-state index in [9.17, 15) is 4.79 Å². The maximum absolute atomic E-state index is 11.7. The first kappa shape index (κ1) is 11.0. The summed E-state index contributed by atoms with van der Waals surface area (Å²) < 4.78 is 5.37. The molecule has 0 unspecified atom stereocenters. The van der Waals surface area contributed by atoms with Crippen LogP contribution in [-0.2, 0) is 10.3 Å². The summed E-state index contributed by atoms with van der Waals surface area (Å²) in [5.74, 6) is -0.227. The van der Waals surface area contributed by atoms with Gasteiger partial charge < -0.3 is 4.74 Å². The van der Waals surface area contributed by atoms with Gasteiger partial charge in [0.1, 0.15) is 5.60 Å². The molecular formula is C16H14O2. The number of esters is 1. The third kappa shape index (κ3) is 1.61. The van der Waals surface area contributed by atoms with E-state index in [2.05, 4.69) is 18.2 Å². The molecule has 0 aromatic heterocycles. The molecule has 0 N–H and O–H groups in total. The average Bonchev–Trinajstić information content (AvgIpc) is 2.61. The first-order valence-electron chi connectivity index (χ1n) is 6.01. The van der Waals surface area contributed by atoms with Gasteiger partial charge in [-0.3, -0.25) is 0 Å². The molecule has 0 fully saturated rings. The molecule has 2 aromatic rings. The van der Waals surface area contributed by atoms with E-state index in [4.69, 9.17) is 4.74 Å². The standard InChI is InChI=1S/C16H14O2/c1-16(2)14-10-12(11-6-4-3-5-7-11)8-9-13(14)15(17)18-16/h3-10H,1-2H3. The van der Waals surface area contributed by atoms with Gasteiger partial charge in [-0.15, -0.1) is 0 Å². The van der Waals surface area contributed by atoms with Crippen molar-refractivity contribution in [3.05, 3.63) is 59.7 Å². The Balaban J connectivity index is 2.15. The second-order valence-electron chi connectivity index (χ2n) is 5.03. The Morgan fingerprint density at radius 2 is 1.67 bits per heavy atom. The molecule has 0 spiro atoms. The van der Waals surface area contributed by atoms with Gasteiger partial charge in [-0.1, -0.05) is 36.4 Å². The second kappa shape index (κ2) is 3.70. The van der Waals surface area contributed by atoms with Gasteiger partial charge in [0, 0.05) is 5.56 Å². The Bertz CT molecular complexity index is 612. The van der Waals surface area contributed by atoms with Gasteiger partial charge in [0.25, 0.3) is 0 Å². The predicted octanol–water partition coefficient (Wildman–Crippen LogP) is 3.76. The Labute approximate surface area is 106 Å². The zero-order valence-electron chi connectivity index (χ0n) is 10.4. The Kier molecular flexibility index (Phi) is 2.27. The number of cyclic esters (lactones) is 1. The molecule has 1 heterocycles. The van der Waals surface area contributed by atoms with Crippen molar-refractivity contribution in [2.24, 2.45) is 0 Å². The number of fused-ring (bicyclic) bond motifs is 1. The number of hydrogen-bond acceptors (Lipinski definition) is 2. The SMILES string of the molecule is CC1(C)OC(=O)c2ccc(-c3ccccc3)cc21. The third-order valence-corrected chi connectivity index (χ3v) is 3.34. The van der Waals surface area contributed by atoms with Crippen LogP contribution in [0.3, 0.4) is 0 Å². The topological polar surface area (TPSA) is 26.3 Å². The van der Waals surface area contributed by atoms with Crippen molar-refractivity contribution in [3.8, 4) is 11.1 Å². The van der Waals surface area contributed by atoms with Crippen LogP contribution in [0.4, 0.5) is 0 Å². The molecule has 0 bridgehead atoms. The lowest BCUT2D eigenvalue weighted by Gasteiger charge is -2.18. The Hall–Kier alpha value is -2.09. The molecule has 18 heavy (non-hydrogen) atoms. The zero-order valence-corrected chi connectivity index (χ0v) is 10.4. The molecule has 2 heteroatoms. The minimum atomic E-state index is -0.531. The van der Waals surface area contributed by atoms with E-state index < -0.39 is 5.60 Å². The van der Waals surface area contributed by atoms with Crippen LogP contribution >= 0.6 is 0 Å². The lowest BCUT2D eigenvalue weighted by Crippen LogP contribution is -2.16. The summed E-state index contributed by atoms with van der Waals surface area (Å²) in [4.78, 5) is 11.7.